The van der Waals surface area contributed by atoms with Gasteiger partial charge in [-0.05, 0) is 37.5 Å². The van der Waals surface area contributed by atoms with Gasteiger partial charge in [-0.2, -0.15) is 8.78 Å². The van der Waals surface area contributed by atoms with Crippen molar-refractivity contribution in [2.24, 2.45) is 4.99 Å². The number of guanidine groups is 1. The smallest absolute Gasteiger partial charge is 0.387 e. The van der Waals surface area contributed by atoms with E-state index in [2.05, 4.69) is 20.4 Å². The molecule has 1 saturated carbocycles. The van der Waals surface area contributed by atoms with Crippen molar-refractivity contribution < 1.29 is 17.7 Å². The zero-order chi connectivity index (χ0) is 19.8. The fraction of sp³-hybridized carbons (Fsp3) is 0.611. The van der Waals surface area contributed by atoms with Crippen LogP contribution in [0.15, 0.2) is 23.2 Å². The molecule has 0 spiro atoms. The first-order valence-electron chi connectivity index (χ1n) is 9.00. The maximum Gasteiger partial charge on any atom is 0.387 e. The van der Waals surface area contributed by atoms with E-state index >= 15 is 0 Å². The maximum absolute atomic E-state index is 12.6. The van der Waals surface area contributed by atoms with Crippen LogP contribution in [-0.4, -0.2) is 40.9 Å². The predicted molar refractivity (Wildman–Crippen MR) is 122 cm³/mol. The quantitative estimate of drug-likeness (QED) is 0.302. The summed E-state index contributed by atoms with van der Waals surface area (Å²) in [7, 11) is 0.849. The van der Waals surface area contributed by atoms with Crippen LogP contribution in [0.2, 0.25) is 5.02 Å². The summed E-state index contributed by atoms with van der Waals surface area (Å²) in [5.41, 5.74) is 0.513. The molecule has 0 radical (unpaired) electrons. The maximum atomic E-state index is 12.6. The summed E-state index contributed by atoms with van der Waals surface area (Å²) >= 11 is 5.97. The van der Waals surface area contributed by atoms with Crippen molar-refractivity contribution in [2.75, 3.05) is 12.8 Å². The third kappa shape index (κ3) is 7.98. The molecule has 0 heterocycles. The van der Waals surface area contributed by atoms with Crippen LogP contribution in [0, 0.1) is 0 Å². The van der Waals surface area contributed by atoms with Crippen molar-refractivity contribution in [1.82, 2.24) is 10.6 Å². The average Bonchev–Trinajstić information content (AvgIpc) is 2.66. The second-order valence-electron chi connectivity index (χ2n) is 6.36. The van der Waals surface area contributed by atoms with Gasteiger partial charge in [-0.1, -0.05) is 24.9 Å². The van der Waals surface area contributed by atoms with Crippen LogP contribution in [0.25, 0.3) is 0 Å². The molecule has 160 valence electrons. The topological polar surface area (TPSA) is 62.7 Å². The highest BCUT2D eigenvalue weighted by Crippen LogP contribution is 2.25. The van der Waals surface area contributed by atoms with Gasteiger partial charge in [0.2, 0.25) is 0 Å². The molecule has 1 aliphatic carbocycles. The molecule has 0 saturated heterocycles. The molecule has 5 nitrogen and oxygen atoms in total. The van der Waals surface area contributed by atoms with E-state index in [4.69, 9.17) is 11.6 Å². The van der Waals surface area contributed by atoms with Gasteiger partial charge in [-0.3, -0.25) is 9.20 Å². The molecule has 10 heteroatoms. The number of rotatable bonds is 7. The van der Waals surface area contributed by atoms with Crippen LogP contribution in [0.4, 0.5) is 8.78 Å². The van der Waals surface area contributed by atoms with E-state index in [1.54, 1.807) is 13.1 Å². The SMILES string of the molecule is CCS(=O)C1CCCC(NC(=NC)NCc2cc(Cl)ccc2OC(F)F)C1.I. The highest BCUT2D eigenvalue weighted by Gasteiger charge is 2.26. The molecule has 0 amide bonds. The zero-order valence-electron chi connectivity index (χ0n) is 15.9. The summed E-state index contributed by atoms with van der Waals surface area (Å²) in [6, 6.07) is 4.70. The van der Waals surface area contributed by atoms with Gasteiger partial charge in [-0.15, -0.1) is 24.0 Å². The van der Waals surface area contributed by atoms with Crippen LogP contribution in [0.1, 0.15) is 38.2 Å². The number of nitrogens with zero attached hydrogens (tertiary/aromatic N) is 1. The summed E-state index contributed by atoms with van der Waals surface area (Å²) < 4.78 is 41.8. The van der Waals surface area contributed by atoms with Crippen molar-refractivity contribution in [3.05, 3.63) is 28.8 Å². The van der Waals surface area contributed by atoms with E-state index < -0.39 is 17.4 Å². The Morgan fingerprint density at radius 1 is 1.43 bits per heavy atom. The molecule has 1 aromatic rings. The van der Waals surface area contributed by atoms with E-state index in [1.807, 2.05) is 6.92 Å². The van der Waals surface area contributed by atoms with E-state index in [1.165, 1.54) is 12.1 Å². The second-order valence-corrected chi connectivity index (χ2v) is 8.80. The molecular weight excluding hydrogens is 523 g/mol. The monoisotopic (exact) mass is 549 g/mol. The van der Waals surface area contributed by atoms with Crippen LogP contribution in [0.3, 0.4) is 0 Å². The Morgan fingerprint density at radius 2 is 2.18 bits per heavy atom. The Hall–Kier alpha value is -0.680. The molecule has 0 aliphatic heterocycles. The lowest BCUT2D eigenvalue weighted by atomic mass is 9.95. The number of benzene rings is 1. The van der Waals surface area contributed by atoms with Gasteiger partial charge in [0.25, 0.3) is 0 Å². The van der Waals surface area contributed by atoms with E-state index in [0.29, 0.717) is 22.3 Å². The molecular formula is C18H27ClF2IN3O2S. The van der Waals surface area contributed by atoms with Gasteiger partial charge in [0.05, 0.1) is 0 Å². The van der Waals surface area contributed by atoms with Crippen molar-refractivity contribution in [3.63, 3.8) is 0 Å². The third-order valence-electron chi connectivity index (χ3n) is 4.53. The molecule has 0 aromatic heterocycles. The number of hydrogen-bond acceptors (Lipinski definition) is 3. The molecule has 2 N–H and O–H groups in total. The number of nitrogens with one attached hydrogen (secondary N) is 2. The second kappa shape index (κ2) is 12.8. The molecule has 2 rings (SSSR count). The summed E-state index contributed by atoms with van der Waals surface area (Å²) in [6.45, 7) is -0.724. The molecule has 1 aromatic carbocycles. The zero-order valence-corrected chi connectivity index (χ0v) is 19.8. The van der Waals surface area contributed by atoms with Crippen molar-refractivity contribution >= 4 is 52.3 Å². The molecule has 3 unspecified atom stereocenters. The highest BCUT2D eigenvalue weighted by atomic mass is 127. The lowest BCUT2D eigenvalue weighted by Crippen LogP contribution is -2.46. The summed E-state index contributed by atoms with van der Waals surface area (Å²) in [5.74, 6) is 1.31. The predicted octanol–water partition coefficient (Wildman–Crippen LogP) is 4.30. The lowest BCUT2D eigenvalue weighted by molar-refractivity contribution is -0.0504. The lowest BCUT2D eigenvalue weighted by Gasteiger charge is -2.30. The summed E-state index contributed by atoms with van der Waals surface area (Å²) in [4.78, 5) is 4.20. The molecule has 1 fully saturated rings. The first-order chi connectivity index (χ1) is 12.9. The number of aliphatic imine (C=N–C) groups is 1. The van der Waals surface area contributed by atoms with Gasteiger partial charge < -0.3 is 15.4 Å². The van der Waals surface area contributed by atoms with E-state index in [0.717, 1.165) is 25.7 Å². The minimum absolute atomic E-state index is 0. The molecule has 1 aliphatic rings. The van der Waals surface area contributed by atoms with Gasteiger partial charge in [0.1, 0.15) is 5.75 Å². The Kier molecular flexibility index (Phi) is 11.6. The minimum atomic E-state index is -2.90. The minimum Gasteiger partial charge on any atom is -0.434 e. The van der Waals surface area contributed by atoms with E-state index in [-0.39, 0.29) is 47.6 Å². The van der Waals surface area contributed by atoms with Gasteiger partial charge in [-0.25, -0.2) is 0 Å². The van der Waals surface area contributed by atoms with Crippen molar-refractivity contribution in [3.8, 4) is 5.75 Å². The largest absolute Gasteiger partial charge is 0.434 e. The van der Waals surface area contributed by atoms with Gasteiger partial charge >= 0.3 is 6.61 Å². The van der Waals surface area contributed by atoms with E-state index in [9.17, 15) is 13.0 Å². The van der Waals surface area contributed by atoms with Crippen molar-refractivity contribution in [2.45, 2.75) is 57.1 Å². The van der Waals surface area contributed by atoms with Crippen LogP contribution < -0.4 is 15.4 Å². The van der Waals surface area contributed by atoms with Gasteiger partial charge in [0.15, 0.2) is 5.96 Å². The number of ether oxygens (including phenoxy) is 1. The van der Waals surface area contributed by atoms with Crippen LogP contribution in [0.5, 0.6) is 5.75 Å². The average molecular weight is 550 g/mol. The first kappa shape index (κ1) is 25.4. The van der Waals surface area contributed by atoms with Gasteiger partial charge in [0, 0.05) is 52.0 Å². The Labute approximate surface area is 189 Å². The number of alkyl halides is 2. The fourth-order valence-corrected chi connectivity index (χ4v) is 4.76. The van der Waals surface area contributed by atoms with Crippen LogP contribution in [-0.2, 0) is 17.3 Å². The highest BCUT2D eigenvalue weighted by molar-refractivity contribution is 14.0. The Morgan fingerprint density at radius 3 is 2.82 bits per heavy atom. The Balaban J connectivity index is 0.00000392. The Bertz CT molecular complexity index is 682. The van der Waals surface area contributed by atoms with Crippen molar-refractivity contribution in [1.29, 1.82) is 0 Å². The molecule has 3 atom stereocenters. The molecule has 0 bridgehead atoms. The standard InChI is InChI=1S/C18H26ClF2N3O2S.HI/c1-3-27(25)15-6-4-5-14(10-15)24-18(22-2)23-11-12-9-13(19)7-8-16(12)26-17(20)21;/h7-9,14-15,17H,3-6,10-11H2,1-2H3,(H2,22,23,24);1H. The number of halogens is 4. The fourth-order valence-electron chi connectivity index (χ4n) is 3.21. The summed E-state index contributed by atoms with van der Waals surface area (Å²) in [6.07, 6.45) is 3.82. The summed E-state index contributed by atoms with van der Waals surface area (Å²) in [5, 5.41) is 7.10. The third-order valence-corrected chi connectivity index (χ3v) is 6.51. The number of hydrogen-bond donors (Lipinski definition) is 2. The molecule has 28 heavy (non-hydrogen) atoms. The first-order valence-corrected chi connectivity index (χ1v) is 10.8. The van der Waals surface area contributed by atoms with Crippen LogP contribution >= 0.6 is 35.6 Å². The normalized spacial score (nSPS) is 21.0.